The van der Waals surface area contributed by atoms with Crippen LogP contribution < -0.4 is 6.15 Å². The van der Waals surface area contributed by atoms with Crippen LogP contribution in [0.25, 0.3) is 0 Å². The number of rotatable bonds is 13. The first-order valence-electron chi connectivity index (χ1n) is 7.10. The quantitative estimate of drug-likeness (QED) is 0.482. The minimum Gasteiger partial charge on any atom is -0.394 e. The van der Waals surface area contributed by atoms with E-state index in [1.807, 2.05) is 0 Å². The Balaban J connectivity index is 0. The predicted molar refractivity (Wildman–Crippen MR) is 74.8 cm³/mol. The highest BCUT2D eigenvalue weighted by atomic mass is 16.5. The normalized spacial score (nSPS) is 10.2. The van der Waals surface area contributed by atoms with Crippen molar-refractivity contribution >= 4 is 0 Å². The van der Waals surface area contributed by atoms with Crippen molar-refractivity contribution < 1.29 is 9.84 Å². The first-order valence-corrected chi connectivity index (χ1v) is 7.10. The lowest BCUT2D eigenvalue weighted by Gasteiger charge is -2.03. The van der Waals surface area contributed by atoms with E-state index < -0.39 is 0 Å². The van der Waals surface area contributed by atoms with Crippen LogP contribution in [-0.4, -0.2) is 24.9 Å². The van der Waals surface area contributed by atoms with Gasteiger partial charge < -0.3 is 16.0 Å². The first kappa shape index (κ1) is 19.2. The fraction of sp³-hybridized carbons (Fsp3) is 1.00. The van der Waals surface area contributed by atoms with Gasteiger partial charge >= 0.3 is 0 Å². The number of hydrogen-bond acceptors (Lipinski definition) is 3. The van der Waals surface area contributed by atoms with Crippen LogP contribution in [0.15, 0.2) is 0 Å². The molecule has 17 heavy (non-hydrogen) atoms. The van der Waals surface area contributed by atoms with Gasteiger partial charge in [0, 0.05) is 6.61 Å². The van der Waals surface area contributed by atoms with Gasteiger partial charge in [0.1, 0.15) is 0 Å². The molecule has 0 aromatic carbocycles. The second-order valence-corrected chi connectivity index (χ2v) is 4.52. The van der Waals surface area contributed by atoms with Crippen LogP contribution in [0.3, 0.4) is 0 Å². The van der Waals surface area contributed by atoms with E-state index >= 15 is 0 Å². The molecule has 0 unspecified atom stereocenters. The fourth-order valence-electron chi connectivity index (χ4n) is 1.86. The Hall–Kier alpha value is -0.120. The highest BCUT2D eigenvalue weighted by Crippen LogP contribution is 2.10. The summed E-state index contributed by atoms with van der Waals surface area (Å²) in [7, 11) is 0. The lowest BCUT2D eigenvalue weighted by atomic mass is 10.1. The van der Waals surface area contributed by atoms with Gasteiger partial charge in [-0.05, 0) is 6.42 Å². The molecule has 3 heteroatoms. The molecule has 0 heterocycles. The zero-order chi connectivity index (χ0) is 11.9. The van der Waals surface area contributed by atoms with E-state index in [-0.39, 0.29) is 12.8 Å². The van der Waals surface area contributed by atoms with Gasteiger partial charge in [0.05, 0.1) is 13.2 Å². The van der Waals surface area contributed by atoms with Gasteiger partial charge in [-0.2, -0.15) is 0 Å². The van der Waals surface area contributed by atoms with E-state index in [1.165, 1.54) is 57.8 Å². The number of hydrogen-bond donors (Lipinski definition) is 2. The molecular weight excluding hydrogens is 214 g/mol. The molecule has 0 atom stereocenters. The van der Waals surface area contributed by atoms with E-state index in [0.717, 1.165) is 13.0 Å². The molecule has 0 aliphatic heterocycles. The zero-order valence-electron chi connectivity index (χ0n) is 11.8. The molecule has 0 aromatic heterocycles. The van der Waals surface area contributed by atoms with Gasteiger partial charge in [0.15, 0.2) is 0 Å². The summed E-state index contributed by atoms with van der Waals surface area (Å²) >= 11 is 0. The van der Waals surface area contributed by atoms with Gasteiger partial charge in [-0.3, -0.25) is 0 Å². The number of aliphatic hydroxyl groups is 1. The molecule has 0 aromatic rings. The van der Waals surface area contributed by atoms with Crippen molar-refractivity contribution in [2.24, 2.45) is 0 Å². The maximum absolute atomic E-state index is 8.50. The minimum absolute atomic E-state index is 0. The van der Waals surface area contributed by atoms with Crippen LogP contribution in [0.5, 0.6) is 0 Å². The molecule has 0 fully saturated rings. The molecule has 0 spiro atoms. The van der Waals surface area contributed by atoms with Crippen molar-refractivity contribution in [1.29, 1.82) is 0 Å². The van der Waals surface area contributed by atoms with Crippen molar-refractivity contribution in [1.82, 2.24) is 6.15 Å². The smallest absolute Gasteiger partial charge is 0.0697 e. The first-order chi connectivity index (χ1) is 7.91. The average Bonchev–Trinajstić information content (AvgIpc) is 2.31. The molecule has 3 nitrogen and oxygen atoms in total. The van der Waals surface area contributed by atoms with Crippen molar-refractivity contribution in [2.75, 3.05) is 19.8 Å². The van der Waals surface area contributed by atoms with E-state index in [1.54, 1.807) is 0 Å². The molecule has 106 valence electrons. The van der Waals surface area contributed by atoms with Crippen molar-refractivity contribution in [3.63, 3.8) is 0 Å². The van der Waals surface area contributed by atoms with Crippen LogP contribution in [-0.2, 0) is 4.74 Å². The largest absolute Gasteiger partial charge is 0.394 e. The fourth-order valence-corrected chi connectivity index (χ4v) is 1.86. The molecular formula is C14H33NO2. The lowest BCUT2D eigenvalue weighted by molar-refractivity contribution is 0.0895. The second kappa shape index (κ2) is 18.3. The zero-order valence-corrected chi connectivity index (χ0v) is 11.8. The maximum atomic E-state index is 8.50. The van der Waals surface area contributed by atoms with E-state index in [4.69, 9.17) is 9.84 Å². The minimum atomic E-state index is 0. The standard InChI is InChI=1S/C14H30O2.H3N/c1-2-3-4-5-6-7-8-9-10-11-13-16-14-12-15;/h15H,2-14H2,1H3;1H3. The summed E-state index contributed by atoms with van der Waals surface area (Å²) < 4.78 is 5.20. The van der Waals surface area contributed by atoms with E-state index in [0.29, 0.717) is 6.61 Å². The molecule has 0 aliphatic carbocycles. The van der Waals surface area contributed by atoms with Gasteiger partial charge in [0.2, 0.25) is 0 Å². The summed E-state index contributed by atoms with van der Waals surface area (Å²) in [5, 5.41) is 8.50. The molecule has 0 amide bonds. The summed E-state index contributed by atoms with van der Waals surface area (Å²) in [5.41, 5.74) is 0. The van der Waals surface area contributed by atoms with Crippen molar-refractivity contribution in [3.05, 3.63) is 0 Å². The summed E-state index contributed by atoms with van der Waals surface area (Å²) in [6.07, 6.45) is 13.6. The number of aliphatic hydroxyl groups excluding tert-OH is 1. The van der Waals surface area contributed by atoms with E-state index in [9.17, 15) is 0 Å². The molecule has 0 radical (unpaired) electrons. The second-order valence-electron chi connectivity index (χ2n) is 4.52. The van der Waals surface area contributed by atoms with Gasteiger partial charge in [0.25, 0.3) is 0 Å². The third kappa shape index (κ3) is 18.4. The highest BCUT2D eigenvalue weighted by Gasteiger charge is 1.92. The Morgan fingerprint density at radius 2 is 1.18 bits per heavy atom. The summed E-state index contributed by atoms with van der Waals surface area (Å²) in [4.78, 5) is 0. The monoisotopic (exact) mass is 247 g/mol. The van der Waals surface area contributed by atoms with Gasteiger partial charge in [-0.15, -0.1) is 0 Å². The molecule has 0 bridgehead atoms. The Morgan fingerprint density at radius 1 is 0.706 bits per heavy atom. The summed E-state index contributed by atoms with van der Waals surface area (Å²) in [5.74, 6) is 0. The molecule has 0 aliphatic rings. The Morgan fingerprint density at radius 3 is 1.65 bits per heavy atom. The van der Waals surface area contributed by atoms with Crippen LogP contribution in [0.4, 0.5) is 0 Å². The predicted octanol–water partition coefficient (Wildman–Crippen LogP) is 4.08. The molecule has 4 N–H and O–H groups in total. The van der Waals surface area contributed by atoms with Crippen LogP contribution in [0.2, 0.25) is 0 Å². The highest BCUT2D eigenvalue weighted by molar-refractivity contribution is 4.47. The Kier molecular flexibility index (Phi) is 20.6. The molecule has 0 saturated carbocycles. The third-order valence-electron chi connectivity index (χ3n) is 2.88. The summed E-state index contributed by atoms with van der Waals surface area (Å²) in [6.45, 7) is 3.73. The Bertz CT molecular complexity index is 107. The SMILES string of the molecule is CCCCCCCCCCCCOCCO.N. The van der Waals surface area contributed by atoms with E-state index in [2.05, 4.69) is 6.92 Å². The summed E-state index contributed by atoms with van der Waals surface area (Å²) in [6, 6.07) is 0. The average molecular weight is 247 g/mol. The van der Waals surface area contributed by atoms with Gasteiger partial charge in [-0.25, -0.2) is 0 Å². The van der Waals surface area contributed by atoms with Crippen molar-refractivity contribution in [2.45, 2.75) is 71.1 Å². The van der Waals surface area contributed by atoms with Crippen LogP contribution in [0, 0.1) is 0 Å². The Labute approximate surface area is 108 Å². The van der Waals surface area contributed by atoms with Gasteiger partial charge in [-0.1, -0.05) is 64.7 Å². The maximum Gasteiger partial charge on any atom is 0.0697 e. The number of unbranched alkanes of at least 4 members (excludes halogenated alkanes) is 9. The van der Waals surface area contributed by atoms with Crippen LogP contribution in [0.1, 0.15) is 71.1 Å². The van der Waals surface area contributed by atoms with Crippen molar-refractivity contribution in [3.8, 4) is 0 Å². The topological polar surface area (TPSA) is 64.5 Å². The molecule has 0 saturated heterocycles. The number of ether oxygens (including phenoxy) is 1. The van der Waals surface area contributed by atoms with Crippen LogP contribution >= 0.6 is 0 Å². The lowest BCUT2D eigenvalue weighted by Crippen LogP contribution is -2.00. The molecule has 0 rings (SSSR count). The third-order valence-corrected chi connectivity index (χ3v) is 2.88.